The number of carbonyl (C=O) groups is 3. The molecular weight excluding hydrogens is 262 g/mol. The van der Waals surface area contributed by atoms with E-state index in [1.54, 1.807) is 16.8 Å². The van der Waals surface area contributed by atoms with Gasteiger partial charge >= 0.3 is 6.09 Å². The normalized spacial score (nSPS) is 24.6. The molecule has 0 aromatic rings. The molecular formula is C13H21N3O4. The van der Waals surface area contributed by atoms with Gasteiger partial charge in [0.1, 0.15) is 0 Å². The summed E-state index contributed by atoms with van der Waals surface area (Å²) in [6.07, 6.45) is 0.682. The molecule has 7 heteroatoms. The van der Waals surface area contributed by atoms with Crippen LogP contribution in [0.25, 0.3) is 0 Å². The third kappa shape index (κ3) is 3.20. The molecule has 0 spiro atoms. The van der Waals surface area contributed by atoms with Gasteiger partial charge in [-0.25, -0.2) is 4.79 Å². The van der Waals surface area contributed by atoms with Crippen LogP contribution in [0.3, 0.4) is 0 Å². The topological polar surface area (TPSA) is 81.2 Å². The SMILES string of the molecule is CN1CCC(C(=O)N2CCCN(C(=O)O)CC2)CC1=O. The largest absolute Gasteiger partial charge is 0.465 e. The Kier molecular flexibility index (Phi) is 4.46. The van der Waals surface area contributed by atoms with Crippen LogP contribution in [0.1, 0.15) is 19.3 Å². The number of rotatable bonds is 1. The number of carbonyl (C=O) groups excluding carboxylic acids is 2. The van der Waals surface area contributed by atoms with Gasteiger partial charge < -0.3 is 19.8 Å². The summed E-state index contributed by atoms with van der Waals surface area (Å²) in [6, 6.07) is 0. The van der Waals surface area contributed by atoms with Crippen LogP contribution in [-0.2, 0) is 9.59 Å². The van der Waals surface area contributed by atoms with Crippen molar-refractivity contribution >= 4 is 17.9 Å². The number of likely N-dealkylation sites (tertiary alicyclic amines) is 1. The maximum absolute atomic E-state index is 12.4. The average molecular weight is 283 g/mol. The summed E-state index contributed by atoms with van der Waals surface area (Å²) in [5.74, 6) is -0.231. The first-order valence-corrected chi connectivity index (χ1v) is 6.99. The van der Waals surface area contributed by atoms with Crippen molar-refractivity contribution in [3.8, 4) is 0 Å². The third-order valence-corrected chi connectivity index (χ3v) is 4.09. The molecule has 0 bridgehead atoms. The minimum atomic E-state index is -0.936. The highest BCUT2D eigenvalue weighted by atomic mass is 16.4. The zero-order valence-corrected chi connectivity index (χ0v) is 11.7. The van der Waals surface area contributed by atoms with E-state index in [-0.39, 0.29) is 24.2 Å². The second kappa shape index (κ2) is 6.11. The Morgan fingerprint density at radius 3 is 2.40 bits per heavy atom. The summed E-state index contributed by atoms with van der Waals surface area (Å²) in [4.78, 5) is 39.7. The van der Waals surface area contributed by atoms with Gasteiger partial charge in [0.15, 0.2) is 0 Å². The van der Waals surface area contributed by atoms with E-state index in [0.717, 1.165) is 0 Å². The van der Waals surface area contributed by atoms with E-state index in [4.69, 9.17) is 5.11 Å². The van der Waals surface area contributed by atoms with E-state index in [1.165, 1.54) is 4.90 Å². The second-order valence-electron chi connectivity index (χ2n) is 5.45. The minimum Gasteiger partial charge on any atom is -0.465 e. The molecule has 1 N–H and O–H groups in total. The molecule has 0 saturated carbocycles. The van der Waals surface area contributed by atoms with Crippen LogP contribution in [0.4, 0.5) is 4.79 Å². The van der Waals surface area contributed by atoms with Crippen LogP contribution in [0, 0.1) is 5.92 Å². The molecule has 1 atom stereocenters. The predicted octanol–water partition coefficient (Wildman–Crippen LogP) is 0.0671. The van der Waals surface area contributed by atoms with Crippen molar-refractivity contribution in [3.05, 3.63) is 0 Å². The number of nitrogens with zero attached hydrogens (tertiary/aromatic N) is 3. The molecule has 3 amide bonds. The maximum Gasteiger partial charge on any atom is 0.407 e. The van der Waals surface area contributed by atoms with Gasteiger partial charge in [-0.15, -0.1) is 0 Å². The molecule has 2 aliphatic heterocycles. The molecule has 2 aliphatic rings. The lowest BCUT2D eigenvalue weighted by atomic mass is 9.95. The van der Waals surface area contributed by atoms with Crippen molar-refractivity contribution in [3.63, 3.8) is 0 Å². The number of hydrogen-bond donors (Lipinski definition) is 1. The van der Waals surface area contributed by atoms with Crippen molar-refractivity contribution < 1.29 is 19.5 Å². The molecule has 0 radical (unpaired) electrons. The minimum absolute atomic E-state index is 0.00121. The van der Waals surface area contributed by atoms with Crippen molar-refractivity contribution in [2.45, 2.75) is 19.3 Å². The quantitative estimate of drug-likeness (QED) is 0.738. The van der Waals surface area contributed by atoms with Gasteiger partial charge in [0.25, 0.3) is 0 Å². The van der Waals surface area contributed by atoms with Crippen LogP contribution in [0.2, 0.25) is 0 Å². The Balaban J connectivity index is 1.92. The van der Waals surface area contributed by atoms with Gasteiger partial charge in [0.05, 0.1) is 0 Å². The highest BCUT2D eigenvalue weighted by Crippen LogP contribution is 2.20. The second-order valence-corrected chi connectivity index (χ2v) is 5.45. The lowest BCUT2D eigenvalue weighted by molar-refractivity contribution is -0.144. The Labute approximate surface area is 118 Å². The fourth-order valence-electron chi connectivity index (χ4n) is 2.74. The van der Waals surface area contributed by atoms with Crippen molar-refractivity contribution in [1.82, 2.24) is 14.7 Å². The first kappa shape index (κ1) is 14.6. The van der Waals surface area contributed by atoms with E-state index < -0.39 is 6.09 Å². The Morgan fingerprint density at radius 2 is 1.75 bits per heavy atom. The highest BCUT2D eigenvalue weighted by molar-refractivity contribution is 5.87. The molecule has 20 heavy (non-hydrogen) atoms. The lowest BCUT2D eigenvalue weighted by Gasteiger charge is -2.31. The molecule has 0 aromatic heterocycles. The van der Waals surface area contributed by atoms with Crippen molar-refractivity contribution in [2.24, 2.45) is 5.92 Å². The first-order chi connectivity index (χ1) is 9.49. The zero-order chi connectivity index (χ0) is 14.7. The summed E-state index contributed by atoms with van der Waals surface area (Å²) >= 11 is 0. The van der Waals surface area contributed by atoms with Gasteiger partial charge in [-0.2, -0.15) is 0 Å². The Bertz CT molecular complexity index is 412. The van der Waals surface area contributed by atoms with Gasteiger partial charge in [-0.05, 0) is 12.8 Å². The van der Waals surface area contributed by atoms with Crippen LogP contribution < -0.4 is 0 Å². The Hall–Kier alpha value is -1.79. The average Bonchev–Trinajstić information content (AvgIpc) is 2.67. The fourth-order valence-corrected chi connectivity index (χ4v) is 2.74. The summed E-state index contributed by atoms with van der Waals surface area (Å²) in [6.45, 7) is 2.42. The molecule has 2 fully saturated rings. The van der Waals surface area contributed by atoms with Gasteiger partial charge in [0, 0.05) is 52.1 Å². The third-order valence-electron chi connectivity index (χ3n) is 4.09. The number of hydrogen-bond acceptors (Lipinski definition) is 3. The maximum atomic E-state index is 12.4. The van der Waals surface area contributed by atoms with Crippen molar-refractivity contribution in [2.75, 3.05) is 39.8 Å². The van der Waals surface area contributed by atoms with E-state index >= 15 is 0 Å². The molecule has 2 saturated heterocycles. The van der Waals surface area contributed by atoms with E-state index in [1.807, 2.05) is 0 Å². The lowest BCUT2D eigenvalue weighted by Crippen LogP contribution is -2.45. The molecule has 0 aromatic carbocycles. The van der Waals surface area contributed by atoms with Crippen LogP contribution in [-0.4, -0.2) is 77.5 Å². The summed E-state index contributed by atoms with van der Waals surface area (Å²) in [5, 5.41) is 8.97. The molecule has 112 valence electrons. The van der Waals surface area contributed by atoms with Gasteiger partial charge in [-0.3, -0.25) is 9.59 Å². The molecule has 7 nitrogen and oxygen atoms in total. The predicted molar refractivity (Wildman–Crippen MR) is 71.2 cm³/mol. The van der Waals surface area contributed by atoms with Gasteiger partial charge in [0.2, 0.25) is 11.8 Å². The summed E-state index contributed by atoms with van der Waals surface area (Å²) in [7, 11) is 1.75. The van der Waals surface area contributed by atoms with E-state index in [0.29, 0.717) is 45.6 Å². The highest BCUT2D eigenvalue weighted by Gasteiger charge is 2.32. The van der Waals surface area contributed by atoms with Crippen LogP contribution >= 0.6 is 0 Å². The number of carboxylic acid groups (broad SMARTS) is 1. The Morgan fingerprint density at radius 1 is 1.10 bits per heavy atom. The molecule has 0 aliphatic carbocycles. The zero-order valence-electron chi connectivity index (χ0n) is 11.7. The molecule has 2 heterocycles. The fraction of sp³-hybridized carbons (Fsp3) is 0.769. The van der Waals surface area contributed by atoms with Crippen LogP contribution in [0.5, 0.6) is 0 Å². The smallest absolute Gasteiger partial charge is 0.407 e. The van der Waals surface area contributed by atoms with E-state index in [9.17, 15) is 14.4 Å². The summed E-state index contributed by atoms with van der Waals surface area (Å²) < 4.78 is 0. The number of piperidine rings is 1. The summed E-state index contributed by atoms with van der Waals surface area (Å²) in [5.41, 5.74) is 0. The number of amides is 3. The monoisotopic (exact) mass is 283 g/mol. The molecule has 1 unspecified atom stereocenters. The standard InChI is InChI=1S/C13H21N3O4/c1-14-6-3-10(9-11(14)17)12(18)15-4-2-5-16(8-7-15)13(19)20/h10H,2-9H2,1H3,(H,19,20). The van der Waals surface area contributed by atoms with Crippen LogP contribution in [0.15, 0.2) is 0 Å². The van der Waals surface area contributed by atoms with Crippen molar-refractivity contribution in [1.29, 1.82) is 0 Å². The van der Waals surface area contributed by atoms with E-state index in [2.05, 4.69) is 0 Å². The van der Waals surface area contributed by atoms with Gasteiger partial charge in [-0.1, -0.05) is 0 Å². The molecule has 2 rings (SSSR count). The first-order valence-electron chi connectivity index (χ1n) is 6.99.